The minimum Gasteiger partial charge on any atom is -0.496 e. The van der Waals surface area contributed by atoms with Gasteiger partial charge in [0.15, 0.2) is 16.6 Å². The summed E-state index contributed by atoms with van der Waals surface area (Å²) < 4.78 is 17.1. The lowest BCUT2D eigenvalue weighted by molar-refractivity contribution is 0.169. The van der Waals surface area contributed by atoms with Crippen molar-refractivity contribution in [3.63, 3.8) is 0 Å². The Balaban J connectivity index is 1.37. The van der Waals surface area contributed by atoms with Gasteiger partial charge in [-0.15, -0.1) is 11.3 Å². The summed E-state index contributed by atoms with van der Waals surface area (Å²) in [4.78, 5) is 11.6. The Morgan fingerprint density at radius 2 is 2.10 bits per heavy atom. The molecule has 0 radical (unpaired) electrons. The Bertz CT molecular complexity index is 1010. The molecular weight excluding hydrogens is 400 g/mol. The maximum Gasteiger partial charge on any atom is 0.188 e. The number of pyridine rings is 1. The Hall–Kier alpha value is -2.84. The maximum atomic E-state index is 5.78. The summed E-state index contributed by atoms with van der Waals surface area (Å²) in [6.07, 6.45) is 4.01. The molecule has 3 aromatic rings. The van der Waals surface area contributed by atoms with Crippen LogP contribution in [-0.2, 0) is 6.54 Å². The van der Waals surface area contributed by atoms with Gasteiger partial charge in [-0.2, -0.15) is 0 Å². The van der Waals surface area contributed by atoms with E-state index in [1.165, 1.54) is 0 Å². The summed E-state index contributed by atoms with van der Waals surface area (Å²) in [5, 5.41) is 6.09. The summed E-state index contributed by atoms with van der Waals surface area (Å²) in [6, 6.07) is 10.4. The fourth-order valence-electron chi connectivity index (χ4n) is 4.10. The van der Waals surface area contributed by atoms with Gasteiger partial charge in [0.1, 0.15) is 24.8 Å². The molecule has 4 heterocycles. The monoisotopic (exact) mass is 424 g/mol. The number of ether oxygens (including phenoxy) is 3. The lowest BCUT2D eigenvalue weighted by Crippen LogP contribution is -2.24. The summed E-state index contributed by atoms with van der Waals surface area (Å²) in [5.41, 5.74) is 2.18. The van der Waals surface area contributed by atoms with Crippen molar-refractivity contribution in [2.24, 2.45) is 0 Å². The van der Waals surface area contributed by atoms with Gasteiger partial charge in [-0.05, 0) is 37.6 Å². The van der Waals surface area contributed by atoms with Gasteiger partial charge in [-0.1, -0.05) is 6.07 Å². The Kier molecular flexibility index (Phi) is 5.42. The fourth-order valence-corrected chi connectivity index (χ4v) is 4.63. The number of nitrogens with zero attached hydrogens (tertiary/aromatic N) is 3. The van der Waals surface area contributed by atoms with Crippen LogP contribution in [0.1, 0.15) is 30.1 Å². The molecule has 7 nitrogen and oxygen atoms in total. The van der Waals surface area contributed by atoms with Crippen LogP contribution in [-0.4, -0.2) is 41.7 Å². The van der Waals surface area contributed by atoms with Crippen molar-refractivity contribution >= 4 is 22.3 Å². The van der Waals surface area contributed by atoms with Crippen molar-refractivity contribution in [2.45, 2.75) is 25.4 Å². The molecule has 1 saturated heterocycles. The summed E-state index contributed by atoms with van der Waals surface area (Å²) in [6.45, 7) is 2.94. The van der Waals surface area contributed by atoms with E-state index in [0.29, 0.717) is 13.2 Å². The summed E-state index contributed by atoms with van der Waals surface area (Å²) in [7, 11) is 1.70. The van der Waals surface area contributed by atoms with Gasteiger partial charge in [-0.3, -0.25) is 4.90 Å². The third kappa shape index (κ3) is 3.93. The zero-order chi connectivity index (χ0) is 20.3. The predicted molar refractivity (Wildman–Crippen MR) is 116 cm³/mol. The molecule has 0 bridgehead atoms. The third-order valence-electron chi connectivity index (χ3n) is 5.46. The van der Waals surface area contributed by atoms with Gasteiger partial charge in [-0.25, -0.2) is 9.97 Å². The number of hydrogen-bond donors (Lipinski definition) is 1. The number of benzene rings is 1. The number of likely N-dealkylation sites (tertiary alicyclic amines) is 1. The Labute approximate surface area is 179 Å². The number of fused-ring (bicyclic) bond motifs is 1. The number of hydrogen-bond acceptors (Lipinski definition) is 8. The highest BCUT2D eigenvalue weighted by Gasteiger charge is 2.29. The minimum absolute atomic E-state index is 0.265. The molecule has 156 valence electrons. The Morgan fingerprint density at radius 3 is 2.90 bits per heavy atom. The Morgan fingerprint density at radius 1 is 1.23 bits per heavy atom. The topological polar surface area (TPSA) is 68.7 Å². The molecule has 0 spiro atoms. The molecule has 0 aliphatic carbocycles. The van der Waals surface area contributed by atoms with E-state index in [-0.39, 0.29) is 6.04 Å². The van der Waals surface area contributed by atoms with E-state index in [2.05, 4.69) is 33.4 Å². The van der Waals surface area contributed by atoms with Crippen LogP contribution in [0.2, 0.25) is 0 Å². The van der Waals surface area contributed by atoms with E-state index in [4.69, 9.17) is 19.2 Å². The average Bonchev–Trinajstić information content (AvgIpc) is 3.45. The highest BCUT2D eigenvalue weighted by atomic mass is 32.1. The molecule has 30 heavy (non-hydrogen) atoms. The fraction of sp³-hybridized carbons (Fsp3) is 0.364. The van der Waals surface area contributed by atoms with Crippen molar-refractivity contribution in [3.8, 4) is 17.2 Å². The second-order valence-electron chi connectivity index (χ2n) is 7.35. The zero-order valence-electron chi connectivity index (χ0n) is 16.8. The van der Waals surface area contributed by atoms with Crippen molar-refractivity contribution in [2.75, 3.05) is 32.2 Å². The average molecular weight is 425 g/mol. The summed E-state index contributed by atoms with van der Waals surface area (Å²) in [5.74, 6) is 3.20. The smallest absolute Gasteiger partial charge is 0.188 e. The molecule has 0 unspecified atom stereocenters. The number of methoxy groups -OCH3 is 1. The van der Waals surface area contributed by atoms with Gasteiger partial charge in [0.25, 0.3) is 0 Å². The first-order chi connectivity index (χ1) is 14.8. The van der Waals surface area contributed by atoms with Gasteiger partial charge in [0, 0.05) is 29.8 Å². The van der Waals surface area contributed by atoms with Crippen LogP contribution in [0.25, 0.3) is 0 Å². The van der Waals surface area contributed by atoms with E-state index in [1.54, 1.807) is 24.6 Å². The van der Waals surface area contributed by atoms with E-state index in [1.807, 2.05) is 17.5 Å². The molecule has 1 aromatic carbocycles. The van der Waals surface area contributed by atoms with E-state index in [0.717, 1.165) is 65.4 Å². The lowest BCUT2D eigenvalue weighted by atomic mass is 10.1. The quantitative estimate of drug-likeness (QED) is 0.629. The molecule has 1 atom stereocenters. The van der Waals surface area contributed by atoms with Crippen molar-refractivity contribution in [3.05, 3.63) is 53.2 Å². The molecule has 2 aromatic heterocycles. The molecule has 2 aliphatic rings. The molecule has 0 saturated carbocycles. The van der Waals surface area contributed by atoms with Crippen molar-refractivity contribution < 1.29 is 14.2 Å². The van der Waals surface area contributed by atoms with Crippen molar-refractivity contribution in [1.82, 2.24) is 14.9 Å². The standard InChI is InChI=1S/C22H24N4O3S/c1-27-18-13-20-19(28-9-10-29-20)12-15(18)14-26-8-3-5-17(26)16-4-2-6-21(24-16)25-22-23-7-11-30-22/h2,4,6-7,11-13,17H,3,5,8-10,14H2,1H3,(H,23,24,25)/t17-/m1/s1. The van der Waals surface area contributed by atoms with Crippen LogP contribution in [0.3, 0.4) is 0 Å². The predicted octanol–water partition coefficient (Wildman–Crippen LogP) is 4.40. The molecule has 2 aliphatic heterocycles. The summed E-state index contributed by atoms with van der Waals surface area (Å²) >= 11 is 1.56. The molecule has 0 amide bonds. The number of rotatable bonds is 6. The first-order valence-corrected chi connectivity index (χ1v) is 11.0. The number of aromatic nitrogens is 2. The van der Waals surface area contributed by atoms with Gasteiger partial charge >= 0.3 is 0 Å². The second kappa shape index (κ2) is 8.49. The van der Waals surface area contributed by atoms with Crippen LogP contribution < -0.4 is 19.5 Å². The highest BCUT2D eigenvalue weighted by molar-refractivity contribution is 7.13. The number of thiazole rings is 1. The van der Waals surface area contributed by atoms with Gasteiger partial charge < -0.3 is 19.5 Å². The molecule has 1 N–H and O–H groups in total. The van der Waals surface area contributed by atoms with Crippen LogP contribution in [0.4, 0.5) is 10.9 Å². The first-order valence-electron chi connectivity index (χ1n) is 10.1. The SMILES string of the molecule is COc1cc2c(cc1CN1CCC[C@@H]1c1cccc(Nc3nccs3)n1)OCCO2. The van der Waals surface area contributed by atoms with Gasteiger partial charge in [0.05, 0.1) is 18.8 Å². The largest absolute Gasteiger partial charge is 0.496 e. The zero-order valence-corrected chi connectivity index (χ0v) is 17.7. The van der Waals surface area contributed by atoms with E-state index in [9.17, 15) is 0 Å². The molecule has 8 heteroatoms. The van der Waals surface area contributed by atoms with Crippen LogP contribution in [0.15, 0.2) is 41.9 Å². The molecular formula is C22H24N4O3S. The number of nitrogens with one attached hydrogen (secondary N) is 1. The van der Waals surface area contributed by atoms with E-state index < -0.39 is 0 Å². The van der Waals surface area contributed by atoms with Crippen LogP contribution in [0.5, 0.6) is 17.2 Å². The van der Waals surface area contributed by atoms with Crippen LogP contribution in [0, 0.1) is 0 Å². The lowest BCUT2D eigenvalue weighted by Gasteiger charge is -2.26. The normalized spacial score (nSPS) is 18.4. The first kappa shape index (κ1) is 19.1. The second-order valence-corrected chi connectivity index (χ2v) is 8.24. The third-order valence-corrected chi connectivity index (χ3v) is 6.15. The van der Waals surface area contributed by atoms with Crippen molar-refractivity contribution in [1.29, 1.82) is 0 Å². The van der Waals surface area contributed by atoms with Crippen LogP contribution >= 0.6 is 11.3 Å². The molecule has 1 fully saturated rings. The maximum absolute atomic E-state index is 5.78. The highest BCUT2D eigenvalue weighted by Crippen LogP contribution is 2.39. The molecule has 5 rings (SSSR count). The number of anilines is 2. The van der Waals surface area contributed by atoms with Gasteiger partial charge in [0.2, 0.25) is 0 Å². The minimum atomic E-state index is 0.265. The van der Waals surface area contributed by atoms with E-state index >= 15 is 0 Å².